The maximum absolute atomic E-state index is 5.57. The van der Waals surface area contributed by atoms with Crippen LogP contribution in [0.25, 0.3) is 11.7 Å². The first-order valence-corrected chi connectivity index (χ1v) is 6.45. The predicted octanol–water partition coefficient (Wildman–Crippen LogP) is 2.43. The van der Waals surface area contributed by atoms with E-state index in [0.29, 0.717) is 17.5 Å². The Hall–Kier alpha value is -1.62. The van der Waals surface area contributed by atoms with Crippen LogP contribution >= 0.6 is 0 Å². The molecule has 0 bridgehead atoms. The minimum atomic E-state index is 0.466. The van der Waals surface area contributed by atoms with Crippen molar-refractivity contribution in [2.45, 2.75) is 33.1 Å². The molecule has 0 atom stereocenters. The average molecular weight is 249 g/mol. The van der Waals surface area contributed by atoms with Crippen LogP contribution in [0.3, 0.4) is 0 Å². The molecule has 0 aliphatic carbocycles. The smallest absolute Gasteiger partial charge is 0.283 e. The molecule has 0 saturated heterocycles. The van der Waals surface area contributed by atoms with Crippen LogP contribution in [0.2, 0.25) is 0 Å². The lowest BCUT2D eigenvalue weighted by molar-refractivity contribution is 0.461. The molecule has 0 unspecified atom stereocenters. The molecule has 98 valence electrons. The number of nitrogens with zero attached hydrogens (tertiary/aromatic N) is 2. The van der Waals surface area contributed by atoms with Crippen molar-refractivity contribution < 1.29 is 8.83 Å². The Kier molecular flexibility index (Phi) is 4.52. The average Bonchev–Trinajstić information content (AvgIpc) is 3.03. The molecule has 18 heavy (non-hydrogen) atoms. The van der Waals surface area contributed by atoms with Gasteiger partial charge < -0.3 is 14.2 Å². The summed E-state index contributed by atoms with van der Waals surface area (Å²) < 4.78 is 11.1. The molecule has 0 amide bonds. The zero-order chi connectivity index (χ0) is 12.8. The Morgan fingerprint density at radius 2 is 2.06 bits per heavy atom. The first kappa shape index (κ1) is 12.8. The van der Waals surface area contributed by atoms with Crippen LogP contribution in [-0.4, -0.2) is 23.3 Å². The van der Waals surface area contributed by atoms with Gasteiger partial charge in [-0.15, -0.1) is 10.2 Å². The van der Waals surface area contributed by atoms with E-state index in [0.717, 1.165) is 38.1 Å². The summed E-state index contributed by atoms with van der Waals surface area (Å²) in [5.74, 6) is 2.71. The highest BCUT2D eigenvalue weighted by atomic mass is 16.4. The van der Waals surface area contributed by atoms with Crippen LogP contribution in [-0.2, 0) is 12.8 Å². The van der Waals surface area contributed by atoms with Gasteiger partial charge in [-0.2, -0.15) is 0 Å². The quantitative estimate of drug-likeness (QED) is 0.763. The van der Waals surface area contributed by atoms with Crippen molar-refractivity contribution in [2.75, 3.05) is 13.1 Å². The molecule has 2 aromatic rings. The zero-order valence-electron chi connectivity index (χ0n) is 10.9. The van der Waals surface area contributed by atoms with Crippen LogP contribution in [0.5, 0.6) is 0 Å². The molecule has 5 nitrogen and oxygen atoms in total. The standard InChI is InChI=1S/C13H19N3O2/c1-3-10-7-8-11(17-10)13-16-15-12(18-13)6-5-9-14-4-2/h7-8,14H,3-6,9H2,1-2H3. The second-order valence-electron chi connectivity index (χ2n) is 4.08. The van der Waals surface area contributed by atoms with Crippen molar-refractivity contribution in [3.8, 4) is 11.7 Å². The third-order valence-electron chi connectivity index (χ3n) is 2.68. The summed E-state index contributed by atoms with van der Waals surface area (Å²) >= 11 is 0. The van der Waals surface area contributed by atoms with Crippen molar-refractivity contribution in [3.63, 3.8) is 0 Å². The highest BCUT2D eigenvalue weighted by molar-refractivity contribution is 5.43. The number of furan rings is 1. The fourth-order valence-electron chi connectivity index (χ4n) is 1.68. The van der Waals surface area contributed by atoms with E-state index in [1.54, 1.807) is 0 Å². The van der Waals surface area contributed by atoms with Crippen molar-refractivity contribution >= 4 is 0 Å². The number of hydrogen-bond acceptors (Lipinski definition) is 5. The Morgan fingerprint density at radius 3 is 2.78 bits per heavy atom. The molecule has 0 aromatic carbocycles. The first-order valence-electron chi connectivity index (χ1n) is 6.45. The highest BCUT2D eigenvalue weighted by Crippen LogP contribution is 2.21. The molecular weight excluding hydrogens is 230 g/mol. The fraction of sp³-hybridized carbons (Fsp3) is 0.538. The van der Waals surface area contributed by atoms with Crippen LogP contribution in [0.15, 0.2) is 21.0 Å². The van der Waals surface area contributed by atoms with Gasteiger partial charge in [-0.1, -0.05) is 13.8 Å². The van der Waals surface area contributed by atoms with E-state index in [2.05, 4.69) is 22.4 Å². The molecule has 0 spiro atoms. The second kappa shape index (κ2) is 6.35. The van der Waals surface area contributed by atoms with Gasteiger partial charge >= 0.3 is 0 Å². The number of rotatable bonds is 7. The van der Waals surface area contributed by atoms with Crippen LogP contribution in [0, 0.1) is 0 Å². The lowest BCUT2D eigenvalue weighted by atomic mass is 10.3. The SMILES string of the molecule is CCNCCCc1nnc(-c2ccc(CC)o2)o1. The lowest BCUT2D eigenvalue weighted by Gasteiger charge is -1.97. The molecule has 2 rings (SSSR count). The molecule has 5 heteroatoms. The predicted molar refractivity (Wildman–Crippen MR) is 68.2 cm³/mol. The molecule has 0 aliphatic rings. The Morgan fingerprint density at radius 1 is 1.17 bits per heavy atom. The molecule has 2 heterocycles. The largest absolute Gasteiger partial charge is 0.456 e. The minimum absolute atomic E-state index is 0.466. The van der Waals surface area contributed by atoms with Gasteiger partial charge in [0.2, 0.25) is 5.89 Å². The number of aryl methyl sites for hydroxylation is 2. The third-order valence-corrected chi connectivity index (χ3v) is 2.68. The topological polar surface area (TPSA) is 64.1 Å². The van der Waals surface area contributed by atoms with Crippen molar-refractivity contribution in [3.05, 3.63) is 23.8 Å². The van der Waals surface area contributed by atoms with Gasteiger partial charge in [-0.05, 0) is 31.6 Å². The third kappa shape index (κ3) is 3.20. The summed E-state index contributed by atoms with van der Waals surface area (Å²) in [6.07, 6.45) is 2.65. The van der Waals surface area contributed by atoms with E-state index in [1.165, 1.54) is 0 Å². The summed E-state index contributed by atoms with van der Waals surface area (Å²) in [4.78, 5) is 0. The van der Waals surface area contributed by atoms with Gasteiger partial charge in [-0.3, -0.25) is 0 Å². The van der Waals surface area contributed by atoms with Gasteiger partial charge in [0, 0.05) is 12.8 Å². The van der Waals surface area contributed by atoms with Gasteiger partial charge in [0.1, 0.15) is 5.76 Å². The maximum atomic E-state index is 5.57. The summed E-state index contributed by atoms with van der Waals surface area (Å²) in [5, 5.41) is 11.3. The van der Waals surface area contributed by atoms with Gasteiger partial charge in [-0.25, -0.2) is 0 Å². The molecule has 2 aromatic heterocycles. The van der Waals surface area contributed by atoms with Gasteiger partial charge in [0.25, 0.3) is 5.89 Å². The molecule has 1 N–H and O–H groups in total. The van der Waals surface area contributed by atoms with Gasteiger partial charge in [0.05, 0.1) is 0 Å². The highest BCUT2D eigenvalue weighted by Gasteiger charge is 2.11. The Balaban J connectivity index is 1.93. The van der Waals surface area contributed by atoms with Crippen molar-refractivity contribution in [2.24, 2.45) is 0 Å². The van der Waals surface area contributed by atoms with E-state index in [9.17, 15) is 0 Å². The number of nitrogens with one attached hydrogen (secondary N) is 1. The van der Waals surface area contributed by atoms with E-state index >= 15 is 0 Å². The van der Waals surface area contributed by atoms with Crippen molar-refractivity contribution in [1.29, 1.82) is 0 Å². The Bertz CT molecular complexity index is 476. The van der Waals surface area contributed by atoms with Gasteiger partial charge in [0.15, 0.2) is 5.76 Å². The van der Waals surface area contributed by atoms with E-state index in [1.807, 2.05) is 19.1 Å². The summed E-state index contributed by atoms with van der Waals surface area (Å²) in [7, 11) is 0. The first-order chi connectivity index (χ1) is 8.83. The second-order valence-corrected chi connectivity index (χ2v) is 4.08. The molecule has 0 radical (unpaired) electrons. The summed E-state index contributed by atoms with van der Waals surface area (Å²) in [5.41, 5.74) is 0. The normalized spacial score (nSPS) is 11.0. The Labute approximate surface area is 107 Å². The lowest BCUT2D eigenvalue weighted by Crippen LogP contribution is -2.14. The minimum Gasteiger partial charge on any atom is -0.456 e. The van der Waals surface area contributed by atoms with E-state index in [4.69, 9.17) is 8.83 Å². The molecular formula is C13H19N3O2. The summed E-state index contributed by atoms with van der Waals surface area (Å²) in [6.45, 7) is 6.09. The molecule has 0 saturated carbocycles. The zero-order valence-corrected chi connectivity index (χ0v) is 10.9. The van der Waals surface area contributed by atoms with Crippen molar-refractivity contribution in [1.82, 2.24) is 15.5 Å². The van der Waals surface area contributed by atoms with E-state index < -0.39 is 0 Å². The fourth-order valence-corrected chi connectivity index (χ4v) is 1.68. The molecule has 0 aliphatic heterocycles. The van der Waals surface area contributed by atoms with Crippen LogP contribution < -0.4 is 5.32 Å². The molecule has 0 fully saturated rings. The summed E-state index contributed by atoms with van der Waals surface area (Å²) in [6, 6.07) is 3.80. The van der Waals surface area contributed by atoms with Crippen LogP contribution in [0.1, 0.15) is 31.9 Å². The monoisotopic (exact) mass is 249 g/mol. The van der Waals surface area contributed by atoms with E-state index in [-0.39, 0.29) is 0 Å². The number of aromatic nitrogens is 2. The van der Waals surface area contributed by atoms with Crippen LogP contribution in [0.4, 0.5) is 0 Å². The number of hydrogen-bond donors (Lipinski definition) is 1. The maximum Gasteiger partial charge on any atom is 0.283 e.